The van der Waals surface area contributed by atoms with E-state index in [2.05, 4.69) is 0 Å². The highest BCUT2D eigenvalue weighted by molar-refractivity contribution is 7.89. The number of amides is 2. The van der Waals surface area contributed by atoms with Crippen LogP contribution in [-0.4, -0.2) is 73.6 Å². The Bertz CT molecular complexity index is 901. The van der Waals surface area contributed by atoms with E-state index in [9.17, 15) is 18.0 Å². The molecule has 3 rings (SSSR count). The van der Waals surface area contributed by atoms with Gasteiger partial charge in [0.2, 0.25) is 21.8 Å². The lowest BCUT2D eigenvalue weighted by atomic mass is 9.96. The fraction of sp³-hybridized carbons (Fsp3) is 0.600. The van der Waals surface area contributed by atoms with Crippen LogP contribution in [0.1, 0.15) is 32.6 Å². The fourth-order valence-electron chi connectivity index (χ4n) is 3.97. The van der Waals surface area contributed by atoms with Gasteiger partial charge in [-0.3, -0.25) is 9.59 Å². The van der Waals surface area contributed by atoms with Gasteiger partial charge in [-0.1, -0.05) is 30.1 Å². The summed E-state index contributed by atoms with van der Waals surface area (Å²) in [6.45, 7) is 4.24. The summed E-state index contributed by atoms with van der Waals surface area (Å²) in [6.07, 6.45) is 2.88. The van der Waals surface area contributed by atoms with Crippen molar-refractivity contribution >= 4 is 45.0 Å². The van der Waals surface area contributed by atoms with Gasteiger partial charge in [-0.05, 0) is 37.5 Å². The zero-order chi connectivity index (χ0) is 21.9. The lowest BCUT2D eigenvalue weighted by Crippen LogP contribution is -2.54. The molecule has 0 radical (unpaired) electrons. The summed E-state index contributed by atoms with van der Waals surface area (Å²) >= 11 is 11.9. The van der Waals surface area contributed by atoms with Crippen LogP contribution in [0.3, 0.4) is 0 Å². The summed E-state index contributed by atoms with van der Waals surface area (Å²) in [5.74, 6) is -0.0964. The Hall–Kier alpha value is -1.35. The van der Waals surface area contributed by atoms with Crippen molar-refractivity contribution in [2.45, 2.75) is 37.5 Å². The van der Waals surface area contributed by atoms with E-state index < -0.39 is 10.0 Å². The Labute approximate surface area is 187 Å². The van der Waals surface area contributed by atoms with Crippen molar-refractivity contribution in [2.24, 2.45) is 5.92 Å². The quantitative estimate of drug-likeness (QED) is 0.655. The molecule has 0 saturated carbocycles. The van der Waals surface area contributed by atoms with Crippen LogP contribution in [0.15, 0.2) is 23.1 Å². The number of benzene rings is 1. The molecule has 2 aliphatic heterocycles. The summed E-state index contributed by atoms with van der Waals surface area (Å²) in [7, 11) is -3.70. The number of piperidine rings is 1. The molecule has 0 bridgehead atoms. The maximum Gasteiger partial charge on any atom is 0.243 e. The van der Waals surface area contributed by atoms with E-state index in [1.54, 1.807) is 9.80 Å². The first-order chi connectivity index (χ1) is 14.2. The molecule has 0 aliphatic carbocycles. The van der Waals surface area contributed by atoms with Gasteiger partial charge in [0.15, 0.2) is 0 Å². The average molecular weight is 476 g/mol. The second-order valence-electron chi connectivity index (χ2n) is 7.73. The molecule has 2 heterocycles. The van der Waals surface area contributed by atoms with Gasteiger partial charge in [-0.25, -0.2) is 8.42 Å². The number of hydrogen-bond donors (Lipinski definition) is 0. The minimum absolute atomic E-state index is 0.00980. The first-order valence-electron chi connectivity index (χ1n) is 10.3. The van der Waals surface area contributed by atoms with E-state index in [0.29, 0.717) is 37.6 Å². The minimum Gasteiger partial charge on any atom is -0.342 e. The first-order valence-corrected chi connectivity index (χ1v) is 12.5. The predicted octanol–water partition coefficient (Wildman–Crippen LogP) is 2.87. The number of sulfonamides is 1. The van der Waals surface area contributed by atoms with Crippen LogP contribution in [0, 0.1) is 5.92 Å². The lowest BCUT2D eigenvalue weighted by Gasteiger charge is -2.38. The molecule has 2 aliphatic rings. The van der Waals surface area contributed by atoms with E-state index >= 15 is 0 Å². The van der Waals surface area contributed by atoms with E-state index in [0.717, 1.165) is 19.3 Å². The van der Waals surface area contributed by atoms with Gasteiger partial charge >= 0.3 is 0 Å². The molecule has 1 atom stereocenters. The second kappa shape index (κ2) is 9.85. The number of carbonyl (C=O) groups is 2. The molecule has 10 heteroatoms. The molecule has 1 unspecified atom stereocenters. The van der Waals surface area contributed by atoms with Gasteiger partial charge in [0, 0.05) is 45.7 Å². The molecule has 0 aromatic heterocycles. The number of halogens is 2. The van der Waals surface area contributed by atoms with Crippen molar-refractivity contribution < 1.29 is 18.0 Å². The van der Waals surface area contributed by atoms with Crippen molar-refractivity contribution in [1.82, 2.24) is 14.1 Å². The Kier molecular flexibility index (Phi) is 7.66. The number of carbonyl (C=O) groups excluding carboxylic acids is 2. The van der Waals surface area contributed by atoms with Crippen molar-refractivity contribution in [3.63, 3.8) is 0 Å². The smallest absolute Gasteiger partial charge is 0.243 e. The number of hydrogen-bond acceptors (Lipinski definition) is 4. The molecule has 2 saturated heterocycles. The predicted molar refractivity (Wildman–Crippen MR) is 116 cm³/mol. The SMILES string of the molecule is CCCC(=O)N1CCCC(C(=O)N2CCN(S(=O)(=O)c3ccc(Cl)c(Cl)c3)CC2)C1. The van der Waals surface area contributed by atoms with E-state index in [1.807, 2.05) is 6.92 Å². The van der Waals surface area contributed by atoms with Crippen molar-refractivity contribution in [2.75, 3.05) is 39.3 Å². The van der Waals surface area contributed by atoms with Crippen molar-refractivity contribution in [3.8, 4) is 0 Å². The Morgan fingerprint density at radius 1 is 1.03 bits per heavy atom. The third-order valence-corrected chi connectivity index (χ3v) is 8.30. The van der Waals surface area contributed by atoms with Gasteiger partial charge in [0.1, 0.15) is 0 Å². The van der Waals surface area contributed by atoms with Gasteiger partial charge in [-0.2, -0.15) is 4.31 Å². The highest BCUT2D eigenvalue weighted by Gasteiger charge is 2.35. The lowest BCUT2D eigenvalue weighted by molar-refractivity contribution is -0.141. The Balaban J connectivity index is 1.60. The maximum atomic E-state index is 13.0. The van der Waals surface area contributed by atoms with E-state index in [4.69, 9.17) is 23.2 Å². The highest BCUT2D eigenvalue weighted by atomic mass is 35.5. The van der Waals surface area contributed by atoms with Crippen molar-refractivity contribution in [1.29, 1.82) is 0 Å². The number of rotatable bonds is 5. The fourth-order valence-corrected chi connectivity index (χ4v) is 5.78. The molecule has 2 amide bonds. The van der Waals surface area contributed by atoms with E-state index in [-0.39, 0.29) is 40.7 Å². The van der Waals surface area contributed by atoms with Gasteiger partial charge in [0.05, 0.1) is 20.9 Å². The summed E-state index contributed by atoms with van der Waals surface area (Å²) in [5.41, 5.74) is 0. The van der Waals surface area contributed by atoms with Crippen LogP contribution in [0.25, 0.3) is 0 Å². The number of nitrogens with zero attached hydrogens (tertiary/aromatic N) is 3. The first kappa shape index (κ1) is 23.3. The summed E-state index contributed by atoms with van der Waals surface area (Å²) in [6, 6.07) is 4.25. The minimum atomic E-state index is -3.70. The molecular weight excluding hydrogens is 449 g/mol. The molecule has 1 aromatic rings. The average Bonchev–Trinajstić information content (AvgIpc) is 2.75. The largest absolute Gasteiger partial charge is 0.342 e. The van der Waals surface area contributed by atoms with Crippen LogP contribution in [-0.2, 0) is 19.6 Å². The molecular formula is C20H27Cl2N3O4S. The second-order valence-corrected chi connectivity index (χ2v) is 10.5. The monoisotopic (exact) mass is 475 g/mol. The molecule has 2 fully saturated rings. The molecule has 7 nitrogen and oxygen atoms in total. The molecule has 166 valence electrons. The molecule has 0 N–H and O–H groups in total. The highest BCUT2D eigenvalue weighted by Crippen LogP contribution is 2.27. The normalized spacial score (nSPS) is 21.0. The van der Waals surface area contributed by atoms with Gasteiger partial charge < -0.3 is 9.80 Å². The van der Waals surface area contributed by atoms with Crippen LogP contribution in [0.2, 0.25) is 10.0 Å². The summed E-state index contributed by atoms with van der Waals surface area (Å²) in [4.78, 5) is 28.8. The third-order valence-electron chi connectivity index (χ3n) is 5.67. The van der Waals surface area contributed by atoms with Crippen molar-refractivity contribution in [3.05, 3.63) is 28.2 Å². The number of likely N-dealkylation sites (tertiary alicyclic amines) is 1. The molecule has 0 spiro atoms. The number of piperazine rings is 1. The standard InChI is InChI=1S/C20H27Cl2N3O4S/c1-2-4-19(26)24-8-3-5-15(14-24)20(27)23-9-11-25(12-10-23)30(28,29)16-6-7-17(21)18(22)13-16/h6-7,13,15H,2-5,8-12,14H2,1H3. The van der Waals surface area contributed by atoms with E-state index in [1.165, 1.54) is 22.5 Å². The maximum absolute atomic E-state index is 13.0. The zero-order valence-corrected chi connectivity index (χ0v) is 19.3. The Morgan fingerprint density at radius 2 is 1.73 bits per heavy atom. The summed E-state index contributed by atoms with van der Waals surface area (Å²) in [5, 5.41) is 0.482. The Morgan fingerprint density at radius 3 is 2.37 bits per heavy atom. The topological polar surface area (TPSA) is 78.0 Å². The van der Waals surface area contributed by atoms with Crippen LogP contribution in [0.5, 0.6) is 0 Å². The molecule has 30 heavy (non-hydrogen) atoms. The third kappa shape index (κ3) is 5.10. The van der Waals surface area contributed by atoms with Crippen LogP contribution >= 0.6 is 23.2 Å². The van der Waals surface area contributed by atoms with Crippen LogP contribution in [0.4, 0.5) is 0 Å². The molecule has 1 aromatic carbocycles. The summed E-state index contributed by atoms with van der Waals surface area (Å²) < 4.78 is 27.1. The van der Waals surface area contributed by atoms with Gasteiger partial charge in [-0.15, -0.1) is 0 Å². The zero-order valence-electron chi connectivity index (χ0n) is 17.0. The van der Waals surface area contributed by atoms with Gasteiger partial charge in [0.25, 0.3) is 0 Å². The van der Waals surface area contributed by atoms with Crippen LogP contribution < -0.4 is 0 Å².